The second-order valence-corrected chi connectivity index (χ2v) is 12.1. The molecule has 9 heteroatoms. The summed E-state index contributed by atoms with van der Waals surface area (Å²) in [6.45, 7) is 8.99. The Balaban J connectivity index is 0.982. The molecule has 1 fully saturated rings. The molecule has 0 saturated carbocycles. The van der Waals surface area contributed by atoms with Crippen LogP contribution in [-0.2, 0) is 33.7 Å². The highest BCUT2D eigenvalue weighted by Gasteiger charge is 2.41. The van der Waals surface area contributed by atoms with Gasteiger partial charge in [0.15, 0.2) is 0 Å². The second kappa shape index (κ2) is 15.0. The molecule has 3 amide bonds. The molecule has 0 radical (unpaired) electrons. The predicted molar refractivity (Wildman–Crippen MR) is 161 cm³/mol. The molecule has 0 unspecified atom stereocenters. The molecule has 4 N–H and O–H groups in total. The predicted octanol–water partition coefficient (Wildman–Crippen LogP) is 4.70. The third-order valence-electron chi connectivity index (χ3n) is 7.80. The van der Waals surface area contributed by atoms with E-state index in [1.54, 1.807) is 6.92 Å². The Morgan fingerprint density at radius 2 is 1.74 bits per heavy atom. The standard InChI is InChI=1S/C33H47N3O6/c1-32(2)41-23-27-20-26(14-15-29(27)42-32)28(37)22-34-16-7-4-5-8-17-40-18-9-6-11-24-12-10-13-25(19-24)21-33(3)30(38)35-31(39)36-33/h10,12-15,19-20,28,34,37H,4-9,11,16-18,21-23H2,1-3H3,(H2,35,36,38,39)/t28-,33-/m0/s1. The van der Waals surface area contributed by atoms with E-state index in [1.165, 1.54) is 5.56 Å². The molecule has 2 heterocycles. The fraction of sp³-hybridized carbons (Fsp3) is 0.576. The number of aryl methyl sites for hydroxylation is 1. The van der Waals surface area contributed by atoms with E-state index < -0.39 is 23.5 Å². The van der Waals surface area contributed by atoms with Gasteiger partial charge in [-0.1, -0.05) is 43.2 Å². The monoisotopic (exact) mass is 581 g/mol. The summed E-state index contributed by atoms with van der Waals surface area (Å²) in [5.74, 6) is -0.0710. The average molecular weight is 582 g/mol. The molecule has 2 atom stereocenters. The fourth-order valence-corrected chi connectivity index (χ4v) is 5.37. The Bertz CT molecular complexity index is 1200. The summed E-state index contributed by atoms with van der Waals surface area (Å²) >= 11 is 0. The normalized spacial score (nSPS) is 20.0. The Kier molecular flexibility index (Phi) is 11.4. The Hall–Kier alpha value is -2.98. The maximum absolute atomic E-state index is 12.1. The highest BCUT2D eigenvalue weighted by atomic mass is 16.7. The molecule has 42 heavy (non-hydrogen) atoms. The zero-order valence-corrected chi connectivity index (χ0v) is 25.3. The van der Waals surface area contributed by atoms with Crippen molar-refractivity contribution in [1.82, 2.24) is 16.0 Å². The SMILES string of the molecule is CC1(C)OCc2cc([C@@H](O)CNCCCCCCOCCCCc3cccc(C[C@]4(C)NC(=O)NC4=O)c3)ccc2O1. The first kappa shape index (κ1) is 31.9. The van der Waals surface area contributed by atoms with Crippen molar-refractivity contribution >= 4 is 11.9 Å². The third kappa shape index (κ3) is 9.52. The van der Waals surface area contributed by atoms with Crippen molar-refractivity contribution in [3.63, 3.8) is 0 Å². The molecule has 2 aliphatic rings. The van der Waals surface area contributed by atoms with E-state index in [4.69, 9.17) is 14.2 Å². The molecule has 1 saturated heterocycles. The average Bonchev–Trinajstić information content (AvgIpc) is 3.20. The summed E-state index contributed by atoms with van der Waals surface area (Å²) in [7, 11) is 0. The first-order valence-corrected chi connectivity index (χ1v) is 15.3. The Morgan fingerprint density at radius 1 is 0.976 bits per heavy atom. The number of ether oxygens (including phenoxy) is 3. The number of aliphatic hydroxyl groups is 1. The summed E-state index contributed by atoms with van der Waals surface area (Å²) in [6, 6.07) is 13.6. The van der Waals surface area contributed by atoms with Crippen LogP contribution in [0, 0.1) is 0 Å². The molecule has 0 aromatic heterocycles. The maximum atomic E-state index is 12.1. The van der Waals surface area contributed by atoms with Crippen molar-refractivity contribution in [1.29, 1.82) is 0 Å². The molecule has 9 nitrogen and oxygen atoms in total. The van der Waals surface area contributed by atoms with E-state index in [-0.39, 0.29) is 5.91 Å². The minimum atomic E-state index is -0.893. The number of fused-ring (bicyclic) bond motifs is 1. The van der Waals surface area contributed by atoms with Crippen LogP contribution in [0.5, 0.6) is 5.75 Å². The Labute approximate surface area is 249 Å². The first-order valence-electron chi connectivity index (χ1n) is 15.3. The number of hydrogen-bond donors (Lipinski definition) is 4. The maximum Gasteiger partial charge on any atom is 0.322 e. The minimum Gasteiger partial charge on any atom is -0.463 e. The molecule has 2 aromatic rings. The van der Waals surface area contributed by atoms with Gasteiger partial charge >= 0.3 is 6.03 Å². The van der Waals surface area contributed by atoms with Gasteiger partial charge in [0.05, 0.1) is 12.7 Å². The number of benzene rings is 2. The summed E-state index contributed by atoms with van der Waals surface area (Å²) in [6.07, 6.45) is 7.33. The van der Waals surface area contributed by atoms with Crippen molar-refractivity contribution < 1.29 is 28.9 Å². The van der Waals surface area contributed by atoms with Crippen LogP contribution in [0.2, 0.25) is 0 Å². The fourth-order valence-electron chi connectivity index (χ4n) is 5.37. The molecule has 0 bridgehead atoms. The van der Waals surface area contributed by atoms with Crippen LogP contribution in [0.3, 0.4) is 0 Å². The van der Waals surface area contributed by atoms with Crippen LogP contribution in [0.15, 0.2) is 42.5 Å². The molecular weight excluding hydrogens is 534 g/mol. The number of hydrogen-bond acceptors (Lipinski definition) is 7. The summed E-state index contributed by atoms with van der Waals surface area (Å²) in [4.78, 5) is 23.6. The minimum absolute atomic E-state index is 0.277. The number of imide groups is 1. The number of carbonyl (C=O) groups is 2. The van der Waals surface area contributed by atoms with Gasteiger partial charge in [-0.25, -0.2) is 4.79 Å². The lowest BCUT2D eigenvalue weighted by Crippen LogP contribution is -2.45. The number of unbranched alkanes of at least 4 members (excludes halogenated alkanes) is 4. The molecule has 2 aromatic carbocycles. The lowest BCUT2D eigenvalue weighted by molar-refractivity contribution is -0.180. The van der Waals surface area contributed by atoms with Crippen LogP contribution in [0.1, 0.15) is 87.7 Å². The van der Waals surface area contributed by atoms with Crippen LogP contribution in [0.4, 0.5) is 4.79 Å². The van der Waals surface area contributed by atoms with Gasteiger partial charge < -0.3 is 30.0 Å². The van der Waals surface area contributed by atoms with E-state index in [9.17, 15) is 14.7 Å². The molecule has 2 aliphatic heterocycles. The first-order chi connectivity index (χ1) is 20.1. The second-order valence-electron chi connectivity index (χ2n) is 12.1. The molecule has 4 rings (SSSR count). The molecule has 0 spiro atoms. The van der Waals surface area contributed by atoms with Crippen molar-refractivity contribution in [2.24, 2.45) is 0 Å². The van der Waals surface area contributed by atoms with Gasteiger partial charge in [-0.2, -0.15) is 0 Å². The van der Waals surface area contributed by atoms with Crippen LogP contribution in [0.25, 0.3) is 0 Å². The zero-order valence-electron chi connectivity index (χ0n) is 25.3. The number of nitrogens with one attached hydrogen (secondary N) is 3. The van der Waals surface area contributed by atoms with Gasteiger partial charge in [0, 0.05) is 45.6 Å². The number of carbonyl (C=O) groups excluding carboxylic acids is 2. The van der Waals surface area contributed by atoms with Crippen LogP contribution >= 0.6 is 0 Å². The van der Waals surface area contributed by atoms with Crippen molar-refractivity contribution in [3.05, 3.63) is 64.7 Å². The van der Waals surface area contributed by atoms with Crippen molar-refractivity contribution in [2.75, 3.05) is 26.3 Å². The summed E-state index contributed by atoms with van der Waals surface area (Å²) in [5, 5.41) is 19.0. The largest absolute Gasteiger partial charge is 0.463 e. The summed E-state index contributed by atoms with van der Waals surface area (Å²) < 4.78 is 17.4. The van der Waals surface area contributed by atoms with Gasteiger partial charge in [-0.05, 0) is 74.4 Å². The van der Waals surface area contributed by atoms with Gasteiger partial charge in [-0.15, -0.1) is 0 Å². The van der Waals surface area contributed by atoms with Gasteiger partial charge in [-0.3, -0.25) is 10.1 Å². The molecule has 230 valence electrons. The number of amides is 3. The van der Waals surface area contributed by atoms with Crippen molar-refractivity contribution in [2.45, 2.75) is 96.2 Å². The van der Waals surface area contributed by atoms with Gasteiger partial charge in [0.25, 0.3) is 5.91 Å². The van der Waals surface area contributed by atoms with E-state index in [1.807, 2.05) is 44.2 Å². The molecular formula is C33H47N3O6. The van der Waals surface area contributed by atoms with E-state index in [0.29, 0.717) is 19.6 Å². The highest BCUT2D eigenvalue weighted by molar-refractivity contribution is 6.06. The smallest absolute Gasteiger partial charge is 0.322 e. The topological polar surface area (TPSA) is 118 Å². The number of urea groups is 1. The molecule has 0 aliphatic carbocycles. The van der Waals surface area contributed by atoms with E-state index in [2.05, 4.69) is 28.1 Å². The lowest BCUT2D eigenvalue weighted by atomic mass is 9.92. The van der Waals surface area contributed by atoms with Gasteiger partial charge in [0.1, 0.15) is 11.3 Å². The van der Waals surface area contributed by atoms with Crippen molar-refractivity contribution in [3.8, 4) is 5.75 Å². The quantitative estimate of drug-likeness (QED) is 0.158. The third-order valence-corrected chi connectivity index (χ3v) is 7.80. The van der Waals surface area contributed by atoms with E-state index >= 15 is 0 Å². The summed E-state index contributed by atoms with van der Waals surface area (Å²) in [5.41, 5.74) is 3.23. The number of aliphatic hydroxyl groups excluding tert-OH is 1. The van der Waals surface area contributed by atoms with Crippen LogP contribution in [-0.4, -0.2) is 54.7 Å². The Morgan fingerprint density at radius 3 is 2.52 bits per heavy atom. The van der Waals surface area contributed by atoms with Gasteiger partial charge in [0.2, 0.25) is 5.79 Å². The lowest BCUT2D eigenvalue weighted by Gasteiger charge is -2.33. The highest BCUT2D eigenvalue weighted by Crippen LogP contribution is 2.32. The van der Waals surface area contributed by atoms with Crippen LogP contribution < -0.4 is 20.7 Å². The zero-order chi connectivity index (χ0) is 30.0. The van der Waals surface area contributed by atoms with E-state index in [0.717, 1.165) is 87.1 Å². The number of rotatable bonds is 17.